The van der Waals surface area contributed by atoms with E-state index in [4.69, 9.17) is 14.2 Å². The Labute approximate surface area is 148 Å². The monoisotopic (exact) mass is 343 g/mol. The number of aryl methyl sites for hydroxylation is 1. The number of rotatable bonds is 7. The Kier molecular flexibility index (Phi) is 6.28. The Morgan fingerprint density at radius 3 is 2.16 bits per heavy atom. The molecule has 5 nitrogen and oxygen atoms in total. The zero-order valence-corrected chi connectivity index (χ0v) is 15.4. The molecule has 0 aliphatic carbocycles. The minimum Gasteiger partial charge on any atom is -0.496 e. The second-order valence-corrected chi connectivity index (χ2v) is 5.73. The maximum atomic E-state index is 12.6. The van der Waals surface area contributed by atoms with Gasteiger partial charge in [0.2, 0.25) is 0 Å². The number of hydrogen-bond acceptors (Lipinski definition) is 4. The number of methoxy groups -OCH3 is 3. The molecule has 5 heteroatoms. The quantitative estimate of drug-likeness (QED) is 0.828. The molecule has 1 atom stereocenters. The van der Waals surface area contributed by atoms with Crippen molar-refractivity contribution in [2.45, 2.75) is 26.3 Å². The normalized spacial score (nSPS) is 11.6. The molecule has 0 fully saturated rings. The third-order valence-electron chi connectivity index (χ3n) is 4.18. The van der Waals surface area contributed by atoms with Crippen LogP contribution in [0.15, 0.2) is 36.4 Å². The van der Waals surface area contributed by atoms with Crippen LogP contribution in [-0.2, 0) is 0 Å². The number of carbonyl (C=O) groups excluding carboxylic acids is 1. The smallest absolute Gasteiger partial charge is 0.251 e. The van der Waals surface area contributed by atoms with Gasteiger partial charge in [0.05, 0.1) is 27.4 Å². The van der Waals surface area contributed by atoms with E-state index in [0.717, 1.165) is 23.3 Å². The summed E-state index contributed by atoms with van der Waals surface area (Å²) >= 11 is 0. The molecule has 0 heterocycles. The van der Waals surface area contributed by atoms with Crippen molar-refractivity contribution in [1.82, 2.24) is 5.32 Å². The standard InChI is InChI=1S/C20H25NO4/c1-6-16(14-7-10-18(24-4)19(12-14)25-5)21-20(22)15-8-9-17(23-3)13(2)11-15/h7-12,16H,6H2,1-5H3,(H,21,22). The lowest BCUT2D eigenvalue weighted by molar-refractivity contribution is 0.0935. The Balaban J connectivity index is 2.21. The van der Waals surface area contributed by atoms with Gasteiger partial charge in [0.25, 0.3) is 5.91 Å². The lowest BCUT2D eigenvalue weighted by Gasteiger charge is -2.19. The Morgan fingerprint density at radius 1 is 0.960 bits per heavy atom. The summed E-state index contributed by atoms with van der Waals surface area (Å²) in [6.45, 7) is 3.95. The zero-order chi connectivity index (χ0) is 18.4. The molecule has 0 spiro atoms. The van der Waals surface area contributed by atoms with Gasteiger partial charge in [0.1, 0.15) is 5.75 Å². The number of hydrogen-bond donors (Lipinski definition) is 1. The Bertz CT molecular complexity index is 742. The third kappa shape index (κ3) is 4.24. The van der Waals surface area contributed by atoms with Crippen molar-refractivity contribution >= 4 is 5.91 Å². The fourth-order valence-electron chi connectivity index (χ4n) is 2.75. The molecule has 1 unspecified atom stereocenters. The second-order valence-electron chi connectivity index (χ2n) is 5.73. The Hall–Kier alpha value is -2.69. The number of carbonyl (C=O) groups is 1. The highest BCUT2D eigenvalue weighted by Crippen LogP contribution is 2.31. The predicted octanol–water partition coefficient (Wildman–Crippen LogP) is 3.90. The van der Waals surface area contributed by atoms with E-state index >= 15 is 0 Å². The first-order valence-electron chi connectivity index (χ1n) is 8.21. The number of nitrogens with one attached hydrogen (secondary N) is 1. The van der Waals surface area contributed by atoms with Crippen LogP contribution in [-0.4, -0.2) is 27.2 Å². The molecule has 2 aromatic carbocycles. The first-order valence-corrected chi connectivity index (χ1v) is 8.21. The van der Waals surface area contributed by atoms with Gasteiger partial charge in [-0.3, -0.25) is 4.79 Å². The van der Waals surface area contributed by atoms with Gasteiger partial charge in [-0.05, 0) is 54.8 Å². The van der Waals surface area contributed by atoms with E-state index in [9.17, 15) is 4.79 Å². The van der Waals surface area contributed by atoms with Crippen molar-refractivity contribution < 1.29 is 19.0 Å². The molecule has 0 saturated carbocycles. The van der Waals surface area contributed by atoms with Gasteiger partial charge in [0.15, 0.2) is 11.5 Å². The van der Waals surface area contributed by atoms with Crippen molar-refractivity contribution in [3.63, 3.8) is 0 Å². The van der Waals surface area contributed by atoms with E-state index in [-0.39, 0.29) is 11.9 Å². The minimum atomic E-state index is -0.118. The van der Waals surface area contributed by atoms with E-state index in [0.29, 0.717) is 17.1 Å². The van der Waals surface area contributed by atoms with E-state index < -0.39 is 0 Å². The number of amides is 1. The van der Waals surface area contributed by atoms with Crippen molar-refractivity contribution in [2.24, 2.45) is 0 Å². The summed E-state index contributed by atoms with van der Waals surface area (Å²) < 4.78 is 15.9. The van der Waals surface area contributed by atoms with Gasteiger partial charge >= 0.3 is 0 Å². The molecule has 0 aliphatic rings. The molecule has 1 amide bonds. The molecule has 134 valence electrons. The average Bonchev–Trinajstić information content (AvgIpc) is 2.65. The first kappa shape index (κ1) is 18.6. The van der Waals surface area contributed by atoms with Gasteiger partial charge in [-0.15, -0.1) is 0 Å². The van der Waals surface area contributed by atoms with Crippen LogP contribution in [0.3, 0.4) is 0 Å². The maximum absolute atomic E-state index is 12.6. The molecule has 2 aromatic rings. The average molecular weight is 343 g/mol. The largest absolute Gasteiger partial charge is 0.496 e. The molecule has 0 aromatic heterocycles. The number of benzene rings is 2. The summed E-state index contributed by atoms with van der Waals surface area (Å²) in [7, 11) is 4.82. The molecular weight excluding hydrogens is 318 g/mol. The van der Waals surface area contributed by atoms with Crippen molar-refractivity contribution in [1.29, 1.82) is 0 Å². The minimum absolute atomic E-state index is 0.116. The van der Waals surface area contributed by atoms with Crippen molar-refractivity contribution in [3.8, 4) is 17.2 Å². The number of ether oxygens (including phenoxy) is 3. The molecule has 0 aliphatic heterocycles. The highest BCUT2D eigenvalue weighted by atomic mass is 16.5. The summed E-state index contributed by atoms with van der Waals surface area (Å²) in [4.78, 5) is 12.6. The maximum Gasteiger partial charge on any atom is 0.251 e. The summed E-state index contributed by atoms with van der Waals surface area (Å²) in [6.07, 6.45) is 0.760. The van der Waals surface area contributed by atoms with Crippen LogP contribution in [0.2, 0.25) is 0 Å². The molecule has 0 radical (unpaired) electrons. The van der Waals surface area contributed by atoms with Crippen LogP contribution in [0.5, 0.6) is 17.2 Å². The first-order chi connectivity index (χ1) is 12.0. The van der Waals surface area contributed by atoms with Gasteiger partial charge in [-0.25, -0.2) is 0 Å². The van der Waals surface area contributed by atoms with Crippen LogP contribution in [0.1, 0.15) is 40.9 Å². The van der Waals surface area contributed by atoms with Crippen molar-refractivity contribution in [2.75, 3.05) is 21.3 Å². The molecular formula is C20H25NO4. The van der Waals surface area contributed by atoms with Crippen LogP contribution in [0.4, 0.5) is 0 Å². The lowest BCUT2D eigenvalue weighted by Crippen LogP contribution is -2.28. The SMILES string of the molecule is CCC(NC(=O)c1ccc(OC)c(C)c1)c1ccc(OC)c(OC)c1. The van der Waals surface area contributed by atoms with E-state index in [1.54, 1.807) is 27.4 Å². The van der Waals surface area contributed by atoms with Crippen LogP contribution >= 0.6 is 0 Å². The van der Waals surface area contributed by atoms with Gasteiger partial charge in [0, 0.05) is 5.56 Å². The van der Waals surface area contributed by atoms with E-state index in [1.807, 2.05) is 44.2 Å². The van der Waals surface area contributed by atoms with Gasteiger partial charge in [-0.1, -0.05) is 13.0 Å². The fourth-order valence-corrected chi connectivity index (χ4v) is 2.75. The molecule has 0 saturated heterocycles. The summed E-state index contributed by atoms with van der Waals surface area (Å²) in [6, 6.07) is 11.0. The van der Waals surface area contributed by atoms with E-state index in [1.165, 1.54) is 0 Å². The van der Waals surface area contributed by atoms with Crippen molar-refractivity contribution in [3.05, 3.63) is 53.1 Å². The third-order valence-corrected chi connectivity index (χ3v) is 4.18. The lowest BCUT2D eigenvalue weighted by atomic mass is 10.0. The highest BCUT2D eigenvalue weighted by Gasteiger charge is 2.17. The van der Waals surface area contributed by atoms with Crippen LogP contribution in [0.25, 0.3) is 0 Å². The summed E-state index contributed by atoms with van der Waals surface area (Å²) in [5.41, 5.74) is 2.50. The molecule has 2 rings (SSSR count). The van der Waals surface area contributed by atoms with E-state index in [2.05, 4.69) is 5.32 Å². The second kappa shape index (κ2) is 8.42. The Morgan fingerprint density at radius 2 is 1.60 bits per heavy atom. The van der Waals surface area contributed by atoms with Crippen LogP contribution in [0, 0.1) is 6.92 Å². The van der Waals surface area contributed by atoms with Crippen LogP contribution < -0.4 is 19.5 Å². The topological polar surface area (TPSA) is 56.8 Å². The summed E-state index contributed by atoms with van der Waals surface area (Å²) in [5, 5.41) is 3.08. The summed E-state index contributed by atoms with van der Waals surface area (Å²) in [5.74, 6) is 1.96. The fraction of sp³-hybridized carbons (Fsp3) is 0.350. The van der Waals surface area contributed by atoms with Gasteiger partial charge in [-0.2, -0.15) is 0 Å². The predicted molar refractivity (Wildman–Crippen MR) is 97.8 cm³/mol. The van der Waals surface area contributed by atoms with Gasteiger partial charge < -0.3 is 19.5 Å². The molecule has 25 heavy (non-hydrogen) atoms. The highest BCUT2D eigenvalue weighted by molar-refractivity contribution is 5.94. The molecule has 1 N–H and O–H groups in total. The molecule has 0 bridgehead atoms. The zero-order valence-electron chi connectivity index (χ0n) is 15.4.